The number of aliphatic carboxylic acids is 1. The van der Waals surface area contributed by atoms with Crippen molar-refractivity contribution in [3.63, 3.8) is 0 Å². The molecule has 7 heteroatoms. The predicted octanol–water partition coefficient (Wildman–Crippen LogP) is 3.18. The molecule has 1 aromatic carbocycles. The lowest BCUT2D eigenvalue weighted by Crippen LogP contribution is -2.30. The van der Waals surface area contributed by atoms with Crippen molar-refractivity contribution in [1.29, 1.82) is 0 Å². The highest BCUT2D eigenvalue weighted by Crippen LogP contribution is 2.36. The number of benzene rings is 1. The van der Waals surface area contributed by atoms with Crippen molar-refractivity contribution < 1.29 is 23.1 Å². The Bertz CT molecular complexity index is 634. The second kappa shape index (κ2) is 5.15. The Morgan fingerprint density at radius 3 is 2.60 bits per heavy atom. The van der Waals surface area contributed by atoms with Crippen LogP contribution in [0.25, 0.3) is 11.0 Å². The summed E-state index contributed by atoms with van der Waals surface area (Å²) in [5.41, 5.74) is 0.733. The van der Waals surface area contributed by atoms with Crippen molar-refractivity contribution in [2.45, 2.75) is 32.0 Å². The second-order valence-corrected chi connectivity index (χ2v) is 4.40. The Balaban J connectivity index is 2.65. The molecule has 1 N–H and O–H groups in total. The lowest BCUT2D eigenvalue weighted by Gasteiger charge is -2.22. The van der Waals surface area contributed by atoms with Gasteiger partial charge in [-0.1, -0.05) is 19.1 Å². The normalized spacial score (nSPS) is 13.6. The van der Waals surface area contributed by atoms with Crippen LogP contribution in [-0.4, -0.2) is 26.8 Å². The van der Waals surface area contributed by atoms with Gasteiger partial charge in [0.2, 0.25) is 0 Å². The number of fused-ring (bicyclic) bond motifs is 1. The number of carboxylic acid groups (broad SMARTS) is 1. The summed E-state index contributed by atoms with van der Waals surface area (Å²) in [5.74, 6) is -1.26. The molecule has 0 spiro atoms. The highest BCUT2D eigenvalue weighted by molar-refractivity contribution is 5.76. The Hall–Kier alpha value is -2.05. The maximum Gasteiger partial charge on any atom is 0.409 e. The fraction of sp³-hybridized carbons (Fsp3) is 0.385. The summed E-state index contributed by atoms with van der Waals surface area (Å²) in [5, 5.41) is 8.75. The maximum absolute atomic E-state index is 13.2. The van der Waals surface area contributed by atoms with Gasteiger partial charge < -0.3 is 9.67 Å². The molecule has 1 atom stereocenters. The molecule has 0 saturated carbocycles. The SMILES string of the molecule is CCc1nc2ccccc2n1C(CC(=O)O)C(F)(F)F. The number of imidazole rings is 1. The van der Waals surface area contributed by atoms with Gasteiger partial charge >= 0.3 is 12.1 Å². The van der Waals surface area contributed by atoms with E-state index in [2.05, 4.69) is 4.98 Å². The molecule has 2 aromatic rings. The van der Waals surface area contributed by atoms with E-state index in [-0.39, 0.29) is 5.82 Å². The average Bonchev–Trinajstić information content (AvgIpc) is 2.72. The lowest BCUT2D eigenvalue weighted by atomic mass is 10.1. The molecule has 1 unspecified atom stereocenters. The van der Waals surface area contributed by atoms with Gasteiger partial charge in [0.1, 0.15) is 11.9 Å². The number of hydrogen-bond acceptors (Lipinski definition) is 2. The smallest absolute Gasteiger partial charge is 0.409 e. The number of carboxylic acids is 1. The predicted molar refractivity (Wildman–Crippen MR) is 66.5 cm³/mol. The first kappa shape index (κ1) is 14.4. The molecular weight excluding hydrogens is 273 g/mol. The summed E-state index contributed by atoms with van der Waals surface area (Å²) < 4.78 is 40.5. The van der Waals surface area contributed by atoms with Crippen LogP contribution in [0.1, 0.15) is 25.2 Å². The van der Waals surface area contributed by atoms with Crippen LogP contribution in [0.15, 0.2) is 24.3 Å². The zero-order chi connectivity index (χ0) is 14.9. The standard InChI is InChI=1S/C13H13F3N2O2/c1-2-11-17-8-5-3-4-6-9(8)18(11)10(7-12(19)20)13(14,15)16/h3-6,10H,2,7H2,1H3,(H,19,20). The second-order valence-electron chi connectivity index (χ2n) is 4.40. The van der Waals surface area contributed by atoms with E-state index in [0.717, 1.165) is 4.57 Å². The van der Waals surface area contributed by atoms with Gasteiger partial charge in [-0.3, -0.25) is 4.79 Å². The number of rotatable bonds is 4. The van der Waals surface area contributed by atoms with Gasteiger partial charge in [-0.2, -0.15) is 13.2 Å². The summed E-state index contributed by atoms with van der Waals surface area (Å²) in [7, 11) is 0. The van der Waals surface area contributed by atoms with Crippen LogP contribution in [0.3, 0.4) is 0 Å². The van der Waals surface area contributed by atoms with Gasteiger partial charge in [0.15, 0.2) is 0 Å². The summed E-state index contributed by atoms with van der Waals surface area (Å²) in [6.45, 7) is 1.69. The molecule has 0 saturated heterocycles. The van der Waals surface area contributed by atoms with E-state index in [0.29, 0.717) is 17.5 Å². The largest absolute Gasteiger partial charge is 0.481 e. The van der Waals surface area contributed by atoms with Gasteiger partial charge in [-0.15, -0.1) is 0 Å². The monoisotopic (exact) mass is 286 g/mol. The average molecular weight is 286 g/mol. The highest BCUT2D eigenvalue weighted by Gasteiger charge is 2.43. The topological polar surface area (TPSA) is 55.1 Å². The number of carbonyl (C=O) groups is 1. The first-order valence-electron chi connectivity index (χ1n) is 6.09. The van der Waals surface area contributed by atoms with Crippen molar-refractivity contribution in [3.8, 4) is 0 Å². The van der Waals surface area contributed by atoms with E-state index in [1.807, 2.05) is 0 Å². The summed E-state index contributed by atoms with van der Waals surface area (Å²) >= 11 is 0. The number of hydrogen-bond donors (Lipinski definition) is 1. The first-order chi connectivity index (χ1) is 9.34. The molecule has 0 amide bonds. The molecule has 1 heterocycles. The molecule has 0 radical (unpaired) electrons. The Morgan fingerprint density at radius 2 is 2.05 bits per heavy atom. The Kier molecular flexibility index (Phi) is 3.69. The van der Waals surface area contributed by atoms with Crippen LogP contribution in [0.2, 0.25) is 0 Å². The number of aromatic nitrogens is 2. The molecule has 0 fully saturated rings. The van der Waals surface area contributed by atoms with Gasteiger partial charge in [0, 0.05) is 6.42 Å². The summed E-state index contributed by atoms with van der Waals surface area (Å²) in [4.78, 5) is 14.9. The molecule has 0 aliphatic carbocycles. The number of halogens is 3. The number of alkyl halides is 3. The highest BCUT2D eigenvalue weighted by atomic mass is 19.4. The minimum absolute atomic E-state index is 0.231. The van der Waals surface area contributed by atoms with E-state index in [4.69, 9.17) is 5.11 Å². The van der Waals surface area contributed by atoms with Crippen LogP contribution in [0.5, 0.6) is 0 Å². The maximum atomic E-state index is 13.2. The van der Waals surface area contributed by atoms with Crippen LogP contribution >= 0.6 is 0 Å². The minimum Gasteiger partial charge on any atom is -0.481 e. The molecular formula is C13H13F3N2O2. The molecule has 1 aromatic heterocycles. The molecule has 4 nitrogen and oxygen atoms in total. The van der Waals surface area contributed by atoms with Crippen molar-refractivity contribution in [1.82, 2.24) is 9.55 Å². The molecule has 108 valence electrons. The fourth-order valence-corrected chi connectivity index (χ4v) is 2.21. The summed E-state index contributed by atoms with van der Waals surface area (Å²) in [6, 6.07) is 4.30. The van der Waals surface area contributed by atoms with Gasteiger partial charge in [0.05, 0.1) is 17.5 Å². The van der Waals surface area contributed by atoms with Gasteiger partial charge in [-0.25, -0.2) is 4.98 Å². The first-order valence-corrected chi connectivity index (χ1v) is 6.09. The molecule has 20 heavy (non-hydrogen) atoms. The zero-order valence-corrected chi connectivity index (χ0v) is 10.7. The van der Waals surface area contributed by atoms with E-state index in [1.54, 1.807) is 25.1 Å². The third-order valence-corrected chi connectivity index (χ3v) is 3.04. The van der Waals surface area contributed by atoms with E-state index < -0.39 is 24.6 Å². The van der Waals surface area contributed by atoms with Crippen molar-refractivity contribution in [2.24, 2.45) is 0 Å². The zero-order valence-electron chi connectivity index (χ0n) is 10.7. The molecule has 0 aliphatic rings. The van der Waals surface area contributed by atoms with E-state index in [1.165, 1.54) is 6.07 Å². The van der Waals surface area contributed by atoms with Gasteiger partial charge in [0.25, 0.3) is 0 Å². The minimum atomic E-state index is -4.65. The lowest BCUT2D eigenvalue weighted by molar-refractivity contribution is -0.176. The van der Waals surface area contributed by atoms with Crippen LogP contribution in [-0.2, 0) is 11.2 Å². The number of nitrogens with zero attached hydrogens (tertiary/aromatic N) is 2. The molecule has 2 rings (SSSR count). The molecule has 0 aliphatic heterocycles. The van der Waals surface area contributed by atoms with Gasteiger partial charge in [-0.05, 0) is 12.1 Å². The van der Waals surface area contributed by atoms with Crippen molar-refractivity contribution in [2.75, 3.05) is 0 Å². The molecule has 0 bridgehead atoms. The van der Waals surface area contributed by atoms with Crippen LogP contribution < -0.4 is 0 Å². The Labute approximate surface area is 112 Å². The quantitative estimate of drug-likeness (QED) is 0.939. The van der Waals surface area contributed by atoms with Crippen molar-refractivity contribution >= 4 is 17.0 Å². The van der Waals surface area contributed by atoms with E-state index in [9.17, 15) is 18.0 Å². The number of aryl methyl sites for hydroxylation is 1. The number of para-hydroxylation sites is 2. The van der Waals surface area contributed by atoms with Crippen LogP contribution in [0.4, 0.5) is 13.2 Å². The summed E-state index contributed by atoms with van der Waals surface area (Å²) in [6.07, 6.45) is -5.37. The fourth-order valence-electron chi connectivity index (χ4n) is 2.21. The third kappa shape index (κ3) is 2.61. The Morgan fingerprint density at radius 1 is 1.40 bits per heavy atom. The third-order valence-electron chi connectivity index (χ3n) is 3.04. The van der Waals surface area contributed by atoms with Crippen molar-refractivity contribution in [3.05, 3.63) is 30.1 Å². The van der Waals surface area contributed by atoms with Crippen LogP contribution in [0, 0.1) is 0 Å². The van der Waals surface area contributed by atoms with E-state index >= 15 is 0 Å².